The van der Waals surface area contributed by atoms with E-state index in [0.29, 0.717) is 0 Å². The van der Waals surface area contributed by atoms with E-state index >= 15 is 0 Å². The van der Waals surface area contributed by atoms with Crippen molar-refractivity contribution in [2.45, 2.75) is 18.9 Å². The molecule has 0 spiro atoms. The third kappa shape index (κ3) is 3.31. The first-order chi connectivity index (χ1) is 10.4. The highest BCUT2D eigenvalue weighted by Crippen LogP contribution is 2.24. The summed E-state index contributed by atoms with van der Waals surface area (Å²) in [6, 6.07) is 20.3. The molecule has 0 saturated heterocycles. The minimum absolute atomic E-state index is 0.0505. The van der Waals surface area contributed by atoms with Gasteiger partial charge >= 0.3 is 0 Å². The number of benzene rings is 2. The smallest absolute Gasteiger partial charge is 0.138 e. The van der Waals surface area contributed by atoms with E-state index in [0.717, 1.165) is 24.1 Å². The molecule has 0 unspecified atom stereocenters. The topological polar surface area (TPSA) is 41.8 Å². The summed E-state index contributed by atoms with van der Waals surface area (Å²) >= 11 is 0. The van der Waals surface area contributed by atoms with Gasteiger partial charge in [0.15, 0.2) is 0 Å². The van der Waals surface area contributed by atoms with Crippen LogP contribution in [0.4, 0.5) is 0 Å². The van der Waals surface area contributed by atoms with Gasteiger partial charge in [0, 0.05) is 18.9 Å². The fraction of sp³-hybridized carbons (Fsp3) is 0.278. The van der Waals surface area contributed by atoms with E-state index in [2.05, 4.69) is 17.3 Å². The monoisotopic (exact) mass is 281 g/mol. The molecular formula is C18H19NO2. The zero-order valence-electron chi connectivity index (χ0n) is 11.9. The van der Waals surface area contributed by atoms with Gasteiger partial charge in [-0.25, -0.2) is 0 Å². The lowest BCUT2D eigenvalue weighted by atomic mass is 9.91. The highest BCUT2D eigenvalue weighted by molar-refractivity contribution is 6.01. The molecule has 0 radical (unpaired) electrons. The van der Waals surface area contributed by atoms with Crippen molar-refractivity contribution < 1.29 is 9.94 Å². The van der Waals surface area contributed by atoms with Gasteiger partial charge < -0.3 is 9.94 Å². The van der Waals surface area contributed by atoms with Gasteiger partial charge in [0.05, 0.1) is 5.71 Å². The van der Waals surface area contributed by atoms with Crippen LogP contribution in [0.15, 0.2) is 65.8 Å². The van der Waals surface area contributed by atoms with Crippen LogP contribution in [0.1, 0.15) is 17.5 Å². The highest BCUT2D eigenvalue weighted by Gasteiger charge is 2.29. The minimum Gasteiger partial charge on any atom is -0.396 e. The summed E-state index contributed by atoms with van der Waals surface area (Å²) in [5.74, 6) is 0.0670. The summed E-state index contributed by atoms with van der Waals surface area (Å²) in [7, 11) is 0. The van der Waals surface area contributed by atoms with Crippen LogP contribution in [0.5, 0.6) is 0 Å². The van der Waals surface area contributed by atoms with Crippen LogP contribution < -0.4 is 0 Å². The van der Waals surface area contributed by atoms with E-state index in [4.69, 9.17) is 4.84 Å². The number of aliphatic hydroxyl groups excluding tert-OH is 1. The van der Waals surface area contributed by atoms with Gasteiger partial charge in [0.2, 0.25) is 0 Å². The van der Waals surface area contributed by atoms with Crippen molar-refractivity contribution in [3.63, 3.8) is 0 Å². The normalized spacial score (nSPS) is 18.9. The van der Waals surface area contributed by atoms with Gasteiger partial charge in [-0.1, -0.05) is 65.8 Å². The molecular weight excluding hydrogens is 262 g/mol. The number of oxime groups is 1. The van der Waals surface area contributed by atoms with E-state index in [1.807, 2.05) is 48.5 Å². The fourth-order valence-corrected chi connectivity index (χ4v) is 2.68. The maximum Gasteiger partial charge on any atom is 0.138 e. The second-order valence-corrected chi connectivity index (χ2v) is 5.38. The molecule has 1 aliphatic rings. The zero-order chi connectivity index (χ0) is 14.5. The van der Waals surface area contributed by atoms with E-state index in [-0.39, 0.29) is 18.6 Å². The van der Waals surface area contributed by atoms with Crippen LogP contribution in [0.2, 0.25) is 0 Å². The van der Waals surface area contributed by atoms with E-state index in [1.165, 1.54) is 5.56 Å². The van der Waals surface area contributed by atoms with Gasteiger partial charge in [0.25, 0.3) is 0 Å². The molecule has 0 bridgehead atoms. The van der Waals surface area contributed by atoms with Crippen molar-refractivity contribution in [2.75, 3.05) is 6.61 Å². The Morgan fingerprint density at radius 2 is 1.71 bits per heavy atom. The summed E-state index contributed by atoms with van der Waals surface area (Å²) in [5.41, 5.74) is 3.27. The standard InChI is InChI=1S/C18H19NO2/c20-13-16(11-14-7-3-1-4-8-14)18-12-17(19-21-18)15-9-5-2-6-10-15/h1-10,16,18,20H,11-13H2/t16-,18-/m0/s1. The third-order valence-electron chi connectivity index (χ3n) is 3.90. The first-order valence-electron chi connectivity index (χ1n) is 7.29. The molecule has 2 aromatic carbocycles. The molecule has 1 heterocycles. The molecule has 0 aromatic heterocycles. The summed E-state index contributed by atoms with van der Waals surface area (Å²) in [6.45, 7) is 0.108. The lowest BCUT2D eigenvalue weighted by molar-refractivity contribution is 0.0179. The fourth-order valence-electron chi connectivity index (χ4n) is 2.68. The second kappa shape index (κ2) is 6.55. The Hall–Kier alpha value is -2.13. The van der Waals surface area contributed by atoms with Gasteiger partial charge in [-0.05, 0) is 17.5 Å². The molecule has 21 heavy (non-hydrogen) atoms. The van der Waals surface area contributed by atoms with Crippen LogP contribution in [0.3, 0.4) is 0 Å². The Balaban J connectivity index is 1.65. The maximum absolute atomic E-state index is 9.67. The quantitative estimate of drug-likeness (QED) is 0.915. The number of nitrogens with zero attached hydrogens (tertiary/aromatic N) is 1. The summed E-state index contributed by atoms with van der Waals surface area (Å²) < 4.78 is 0. The van der Waals surface area contributed by atoms with Crippen LogP contribution >= 0.6 is 0 Å². The Bertz CT molecular complexity index is 595. The van der Waals surface area contributed by atoms with Crippen LogP contribution in [-0.2, 0) is 11.3 Å². The predicted molar refractivity (Wildman–Crippen MR) is 83.2 cm³/mol. The van der Waals surface area contributed by atoms with Gasteiger partial charge in [-0.3, -0.25) is 0 Å². The predicted octanol–water partition coefficient (Wildman–Crippen LogP) is 3.03. The maximum atomic E-state index is 9.67. The summed E-state index contributed by atoms with van der Waals surface area (Å²) in [5, 5.41) is 13.9. The van der Waals surface area contributed by atoms with E-state index in [1.54, 1.807) is 0 Å². The number of hydrogen-bond donors (Lipinski definition) is 1. The molecule has 0 saturated carbocycles. The molecule has 2 atom stereocenters. The van der Waals surface area contributed by atoms with E-state index < -0.39 is 0 Å². The molecule has 0 fully saturated rings. The van der Waals surface area contributed by atoms with Gasteiger partial charge in [0.1, 0.15) is 6.10 Å². The Morgan fingerprint density at radius 3 is 2.38 bits per heavy atom. The Kier molecular flexibility index (Phi) is 4.31. The van der Waals surface area contributed by atoms with Crippen LogP contribution in [-0.4, -0.2) is 23.5 Å². The molecule has 108 valence electrons. The van der Waals surface area contributed by atoms with Crippen molar-refractivity contribution in [2.24, 2.45) is 11.1 Å². The molecule has 0 amide bonds. The lowest BCUT2D eigenvalue weighted by Gasteiger charge is -2.19. The molecule has 3 heteroatoms. The number of hydrogen-bond acceptors (Lipinski definition) is 3. The third-order valence-corrected chi connectivity index (χ3v) is 3.90. The average molecular weight is 281 g/mol. The van der Waals surface area contributed by atoms with Crippen molar-refractivity contribution >= 4 is 5.71 Å². The lowest BCUT2D eigenvalue weighted by Crippen LogP contribution is -2.26. The van der Waals surface area contributed by atoms with Gasteiger partial charge in [-0.2, -0.15) is 0 Å². The van der Waals surface area contributed by atoms with Crippen LogP contribution in [0.25, 0.3) is 0 Å². The SMILES string of the molecule is OC[C@H](Cc1ccccc1)[C@@H]1CC(c2ccccc2)=NO1. The number of aliphatic hydroxyl groups is 1. The van der Waals surface area contributed by atoms with Crippen molar-refractivity contribution in [3.05, 3.63) is 71.8 Å². The largest absolute Gasteiger partial charge is 0.396 e. The Labute approximate surface area is 124 Å². The molecule has 1 N–H and O–H groups in total. The average Bonchev–Trinajstić information content (AvgIpc) is 3.04. The van der Waals surface area contributed by atoms with Crippen molar-refractivity contribution in [1.82, 2.24) is 0 Å². The summed E-state index contributed by atoms with van der Waals surface area (Å²) in [4.78, 5) is 5.57. The first kappa shape index (κ1) is 13.8. The number of rotatable bonds is 5. The van der Waals surface area contributed by atoms with E-state index in [9.17, 15) is 5.11 Å². The molecule has 0 aliphatic carbocycles. The molecule has 2 aromatic rings. The van der Waals surface area contributed by atoms with Crippen molar-refractivity contribution in [3.8, 4) is 0 Å². The van der Waals surface area contributed by atoms with Crippen LogP contribution in [0, 0.1) is 5.92 Å². The second-order valence-electron chi connectivity index (χ2n) is 5.38. The summed E-state index contributed by atoms with van der Waals surface area (Å²) in [6.07, 6.45) is 1.51. The van der Waals surface area contributed by atoms with Crippen molar-refractivity contribution in [1.29, 1.82) is 0 Å². The molecule has 1 aliphatic heterocycles. The molecule has 3 nitrogen and oxygen atoms in total. The Morgan fingerprint density at radius 1 is 1.05 bits per heavy atom. The first-order valence-corrected chi connectivity index (χ1v) is 7.29. The zero-order valence-corrected chi connectivity index (χ0v) is 11.9. The molecule has 3 rings (SSSR count). The minimum atomic E-state index is -0.0505. The highest BCUT2D eigenvalue weighted by atomic mass is 16.6. The van der Waals surface area contributed by atoms with Gasteiger partial charge in [-0.15, -0.1) is 0 Å².